The summed E-state index contributed by atoms with van der Waals surface area (Å²) in [7, 11) is 1.45. The fourth-order valence-electron chi connectivity index (χ4n) is 3.27. The summed E-state index contributed by atoms with van der Waals surface area (Å²) < 4.78 is 20.1. The topological polar surface area (TPSA) is 68.5 Å². The van der Waals surface area contributed by atoms with E-state index < -0.39 is 11.8 Å². The number of benzene rings is 1. The molecular formula is C20H24FNO4. The second-order valence-electron chi connectivity index (χ2n) is 6.78. The van der Waals surface area contributed by atoms with E-state index >= 15 is 0 Å². The molecule has 0 radical (unpaired) electrons. The Hall–Kier alpha value is -2.47. The molecule has 0 aliphatic carbocycles. The zero-order chi connectivity index (χ0) is 19.6. The zero-order valence-corrected chi connectivity index (χ0v) is 15.7. The van der Waals surface area contributed by atoms with Crippen molar-refractivity contribution in [1.29, 1.82) is 0 Å². The predicted molar refractivity (Wildman–Crippen MR) is 98.2 cm³/mol. The van der Waals surface area contributed by atoms with Crippen molar-refractivity contribution in [2.45, 2.75) is 46.3 Å². The largest absolute Gasteiger partial charge is 0.478 e. The number of carbonyl (C=O) groups is 1. The van der Waals surface area contributed by atoms with Crippen LogP contribution in [-0.4, -0.2) is 22.8 Å². The number of aromatic carboxylic acids is 1. The van der Waals surface area contributed by atoms with Crippen LogP contribution in [0.15, 0.2) is 29.1 Å². The second-order valence-corrected chi connectivity index (χ2v) is 6.78. The van der Waals surface area contributed by atoms with Gasteiger partial charge in [-0.2, -0.15) is 0 Å². The van der Waals surface area contributed by atoms with E-state index in [0.717, 1.165) is 0 Å². The van der Waals surface area contributed by atoms with E-state index in [1.54, 1.807) is 0 Å². The molecule has 1 heterocycles. The van der Waals surface area contributed by atoms with Crippen molar-refractivity contribution in [2.24, 2.45) is 0 Å². The average Bonchev–Trinajstić information content (AvgIpc) is 2.56. The summed E-state index contributed by atoms with van der Waals surface area (Å²) >= 11 is 0. The van der Waals surface area contributed by atoms with Crippen LogP contribution >= 0.6 is 0 Å². The fraction of sp³-hybridized carbons (Fsp3) is 0.400. The molecule has 26 heavy (non-hydrogen) atoms. The van der Waals surface area contributed by atoms with Crippen LogP contribution in [0, 0.1) is 5.82 Å². The van der Waals surface area contributed by atoms with E-state index in [2.05, 4.69) is 0 Å². The number of carboxylic acid groups (broad SMARTS) is 1. The summed E-state index contributed by atoms with van der Waals surface area (Å²) in [6.45, 7) is 7.35. The lowest BCUT2D eigenvalue weighted by Gasteiger charge is -2.25. The summed E-state index contributed by atoms with van der Waals surface area (Å²) in [6, 6.07) is 5.26. The summed E-state index contributed by atoms with van der Waals surface area (Å²) in [5.41, 5.74) is 1.27. The van der Waals surface area contributed by atoms with Gasteiger partial charge in [-0.25, -0.2) is 9.18 Å². The third-order valence-corrected chi connectivity index (χ3v) is 4.24. The van der Waals surface area contributed by atoms with Gasteiger partial charge in [0.2, 0.25) is 0 Å². The normalized spacial score (nSPS) is 11.4. The first-order valence-electron chi connectivity index (χ1n) is 8.50. The molecule has 5 nitrogen and oxygen atoms in total. The first kappa shape index (κ1) is 19.8. The van der Waals surface area contributed by atoms with E-state index in [9.17, 15) is 19.1 Å². The summed E-state index contributed by atoms with van der Waals surface area (Å²) in [6.07, 6.45) is 0. The quantitative estimate of drug-likeness (QED) is 0.837. The number of aromatic nitrogens is 1. The number of hydrogen-bond acceptors (Lipinski definition) is 3. The monoisotopic (exact) mass is 361 g/mol. The van der Waals surface area contributed by atoms with Gasteiger partial charge in [0.25, 0.3) is 5.56 Å². The van der Waals surface area contributed by atoms with Gasteiger partial charge in [0.05, 0.1) is 17.7 Å². The lowest BCUT2D eigenvalue weighted by molar-refractivity contribution is 0.0694. The van der Waals surface area contributed by atoms with Crippen LogP contribution in [0.5, 0.6) is 0 Å². The molecule has 0 amide bonds. The van der Waals surface area contributed by atoms with Crippen molar-refractivity contribution in [3.63, 3.8) is 0 Å². The molecule has 0 fully saturated rings. The molecular weight excluding hydrogens is 337 g/mol. The molecule has 0 saturated heterocycles. The molecule has 2 rings (SSSR count). The van der Waals surface area contributed by atoms with Gasteiger partial charge in [-0.1, -0.05) is 26.0 Å². The summed E-state index contributed by atoms with van der Waals surface area (Å²) in [4.78, 5) is 25.4. The minimum absolute atomic E-state index is 0.0308. The van der Waals surface area contributed by atoms with Crippen molar-refractivity contribution in [1.82, 2.24) is 4.57 Å². The van der Waals surface area contributed by atoms with Gasteiger partial charge in [-0.3, -0.25) is 4.79 Å². The van der Waals surface area contributed by atoms with Gasteiger partial charge < -0.3 is 14.4 Å². The maximum atomic E-state index is 13.4. The van der Waals surface area contributed by atoms with Crippen molar-refractivity contribution >= 4 is 5.97 Å². The Labute approximate surface area is 152 Å². The van der Waals surface area contributed by atoms with Gasteiger partial charge in [0, 0.05) is 24.4 Å². The molecule has 6 heteroatoms. The van der Waals surface area contributed by atoms with Crippen LogP contribution in [0.2, 0.25) is 0 Å². The molecule has 0 spiro atoms. The molecule has 0 saturated carbocycles. The highest BCUT2D eigenvalue weighted by Crippen LogP contribution is 2.33. The van der Waals surface area contributed by atoms with E-state index in [-0.39, 0.29) is 35.3 Å². The van der Waals surface area contributed by atoms with Gasteiger partial charge in [0.15, 0.2) is 0 Å². The second kappa shape index (κ2) is 7.83. The average molecular weight is 361 g/mol. The predicted octanol–water partition coefficient (Wildman–Crippen LogP) is 4.20. The van der Waals surface area contributed by atoms with E-state index in [0.29, 0.717) is 16.8 Å². The molecule has 140 valence electrons. The lowest BCUT2D eigenvalue weighted by atomic mass is 9.90. The van der Waals surface area contributed by atoms with Crippen molar-refractivity contribution in [2.75, 3.05) is 7.11 Å². The number of rotatable bonds is 6. The number of pyridine rings is 1. The number of nitrogens with zero attached hydrogens (tertiary/aromatic N) is 1. The van der Waals surface area contributed by atoms with Gasteiger partial charge >= 0.3 is 5.97 Å². The Kier molecular flexibility index (Phi) is 5.97. The Balaban J connectivity index is 3.07. The molecule has 0 aliphatic heterocycles. The molecule has 2 aromatic rings. The van der Waals surface area contributed by atoms with Crippen LogP contribution in [0.4, 0.5) is 4.39 Å². The van der Waals surface area contributed by atoms with Crippen molar-refractivity contribution in [3.8, 4) is 11.1 Å². The Morgan fingerprint density at radius 2 is 1.77 bits per heavy atom. The van der Waals surface area contributed by atoms with E-state index in [1.165, 1.54) is 35.9 Å². The smallest absolute Gasteiger partial charge is 0.338 e. The van der Waals surface area contributed by atoms with Crippen LogP contribution < -0.4 is 5.56 Å². The molecule has 1 aromatic carbocycles. The van der Waals surface area contributed by atoms with Gasteiger partial charge in [-0.15, -0.1) is 0 Å². The minimum atomic E-state index is -1.13. The SMILES string of the molecule is COCc1c(-c2ccc(F)cc2)c(C(=O)O)c(C(C)C)n(C(C)C)c1=O. The minimum Gasteiger partial charge on any atom is -0.478 e. The standard InChI is InChI=1S/C20H24FNO4/c1-11(2)18-17(20(24)25)16(13-6-8-14(21)9-7-13)15(10-26-5)19(23)22(18)12(3)4/h6-9,11-12H,10H2,1-5H3,(H,24,25). The van der Waals surface area contributed by atoms with Gasteiger partial charge in [0.1, 0.15) is 5.82 Å². The van der Waals surface area contributed by atoms with Gasteiger partial charge in [-0.05, 0) is 37.5 Å². The van der Waals surface area contributed by atoms with E-state index in [1.807, 2.05) is 27.7 Å². The van der Waals surface area contributed by atoms with Crippen LogP contribution in [0.25, 0.3) is 11.1 Å². The zero-order valence-electron chi connectivity index (χ0n) is 15.7. The number of ether oxygens (including phenoxy) is 1. The number of hydrogen-bond donors (Lipinski definition) is 1. The highest BCUT2D eigenvalue weighted by Gasteiger charge is 2.29. The highest BCUT2D eigenvalue weighted by molar-refractivity contribution is 5.98. The molecule has 0 unspecified atom stereocenters. The number of halogens is 1. The first-order valence-corrected chi connectivity index (χ1v) is 8.50. The molecule has 0 aliphatic rings. The first-order chi connectivity index (χ1) is 12.2. The molecule has 1 aromatic heterocycles. The number of methoxy groups -OCH3 is 1. The molecule has 1 N–H and O–H groups in total. The van der Waals surface area contributed by atoms with E-state index in [4.69, 9.17) is 4.74 Å². The third kappa shape index (κ3) is 3.55. The van der Waals surface area contributed by atoms with Crippen molar-refractivity contribution < 1.29 is 19.0 Å². The molecule has 0 bridgehead atoms. The third-order valence-electron chi connectivity index (χ3n) is 4.24. The van der Waals surface area contributed by atoms with Crippen LogP contribution in [-0.2, 0) is 11.3 Å². The maximum Gasteiger partial charge on any atom is 0.338 e. The lowest BCUT2D eigenvalue weighted by Crippen LogP contribution is -2.33. The Morgan fingerprint density at radius 3 is 2.19 bits per heavy atom. The Morgan fingerprint density at radius 1 is 1.19 bits per heavy atom. The summed E-state index contributed by atoms with van der Waals surface area (Å²) in [5.74, 6) is -1.75. The van der Waals surface area contributed by atoms with Crippen molar-refractivity contribution in [3.05, 3.63) is 57.3 Å². The van der Waals surface area contributed by atoms with Crippen LogP contribution in [0.1, 0.15) is 61.3 Å². The molecule has 0 atom stereocenters. The number of carboxylic acids is 1. The van der Waals surface area contributed by atoms with Crippen LogP contribution in [0.3, 0.4) is 0 Å². The fourth-order valence-corrected chi connectivity index (χ4v) is 3.27. The Bertz CT molecular complexity index is 867. The summed E-state index contributed by atoms with van der Waals surface area (Å²) in [5, 5.41) is 9.97. The highest BCUT2D eigenvalue weighted by atomic mass is 19.1. The maximum absolute atomic E-state index is 13.4.